The lowest BCUT2D eigenvalue weighted by atomic mass is 9.33. The third kappa shape index (κ3) is 8.93. The van der Waals surface area contributed by atoms with E-state index >= 15 is 0 Å². The molecule has 0 atom stereocenters. The molecule has 0 radical (unpaired) electrons. The molecule has 9 heteroatoms. The molecule has 0 N–H and O–H groups in total. The highest BCUT2D eigenvalue weighted by Crippen LogP contribution is 2.52. The molecule has 4 aliphatic heterocycles. The Kier molecular flexibility index (Phi) is 11.9. The van der Waals surface area contributed by atoms with Crippen LogP contribution in [0.3, 0.4) is 0 Å². The van der Waals surface area contributed by atoms with Crippen LogP contribution in [0.4, 0.5) is 51.2 Å². The van der Waals surface area contributed by atoms with Crippen LogP contribution < -0.4 is 50.0 Å². The number of hydrogen-bond acceptors (Lipinski definition) is 8. The van der Waals surface area contributed by atoms with Crippen LogP contribution in [-0.4, -0.2) is 33.1 Å². The largest absolute Gasteiger partial charge is 0.490 e. The molecule has 0 fully saturated rings. The second-order valence-electron chi connectivity index (χ2n) is 25.4. The van der Waals surface area contributed by atoms with Gasteiger partial charge in [-0.2, -0.15) is 0 Å². The number of anilines is 9. The van der Waals surface area contributed by atoms with Crippen molar-refractivity contribution < 1.29 is 23.4 Å². The van der Waals surface area contributed by atoms with E-state index in [-0.39, 0.29) is 23.0 Å². The van der Waals surface area contributed by atoms with Crippen LogP contribution in [0.1, 0.15) is 91.8 Å². The van der Waals surface area contributed by atoms with Crippen LogP contribution in [0.5, 0.6) is 23.0 Å². The first-order valence-corrected chi connectivity index (χ1v) is 28.8. The molecule has 14 rings (SSSR count). The Morgan fingerprint density at radius 2 is 0.852 bits per heavy atom. The van der Waals surface area contributed by atoms with Crippen molar-refractivity contribution >= 4 is 96.0 Å². The van der Waals surface area contributed by atoms with Crippen molar-refractivity contribution in [2.75, 3.05) is 41.1 Å². The standard InChI is InChI=1S/C72H68BN3O5/c1-70(2,3)49-19-26-52(27-20-49)74(55-25-18-45-36-48(17-16-46(45)37-55)64-38-47-14-10-11-15-63(47)81-64)56-39-61-69-62(40-56)76(54-30-23-51(24-31-54)72(7,8)9)60-44-68-66(78-33-13-35-80-68)42-58(60)73(69)57-41-65-67(79-34-12-32-77-65)43-59(57)75(61)53-28-21-50(22-29-53)71(4,5)6/h10-11,14-31,36-44H,12-13,32-35H2,1-9H3. The first-order valence-electron chi connectivity index (χ1n) is 28.8. The Morgan fingerprint density at radius 1 is 0.395 bits per heavy atom. The van der Waals surface area contributed by atoms with Gasteiger partial charge in [0.25, 0.3) is 6.71 Å². The van der Waals surface area contributed by atoms with Gasteiger partial charge >= 0.3 is 0 Å². The molecule has 404 valence electrons. The van der Waals surface area contributed by atoms with Gasteiger partial charge in [0.15, 0.2) is 23.0 Å². The molecule has 0 amide bonds. The van der Waals surface area contributed by atoms with Crippen molar-refractivity contribution in [3.05, 3.63) is 193 Å². The van der Waals surface area contributed by atoms with E-state index in [9.17, 15) is 0 Å². The second kappa shape index (κ2) is 19.0. The number of nitrogens with zero attached hydrogens (tertiary/aromatic N) is 3. The van der Waals surface area contributed by atoms with Gasteiger partial charge in [0.2, 0.25) is 0 Å². The third-order valence-electron chi connectivity index (χ3n) is 16.8. The fraction of sp³-hybridized carbons (Fsp3) is 0.250. The van der Waals surface area contributed by atoms with Gasteiger partial charge in [-0.3, -0.25) is 0 Å². The van der Waals surface area contributed by atoms with Gasteiger partial charge in [0.05, 0.1) is 32.1 Å². The highest BCUT2D eigenvalue weighted by molar-refractivity contribution is 7.00. The van der Waals surface area contributed by atoms with E-state index in [1.807, 2.05) is 12.1 Å². The Morgan fingerprint density at radius 3 is 1.36 bits per heavy atom. The van der Waals surface area contributed by atoms with Crippen molar-refractivity contribution in [1.82, 2.24) is 0 Å². The number of para-hydroxylation sites is 1. The molecule has 0 bridgehead atoms. The van der Waals surface area contributed by atoms with E-state index < -0.39 is 0 Å². The Hall–Kier alpha value is -8.56. The monoisotopic (exact) mass is 1070 g/mol. The van der Waals surface area contributed by atoms with Gasteiger partial charge in [-0.05, 0) is 151 Å². The summed E-state index contributed by atoms with van der Waals surface area (Å²) in [6.45, 7) is 22.6. The zero-order valence-corrected chi connectivity index (χ0v) is 47.9. The van der Waals surface area contributed by atoms with Crippen molar-refractivity contribution in [2.24, 2.45) is 0 Å². The van der Waals surface area contributed by atoms with E-state index in [0.717, 1.165) is 131 Å². The maximum absolute atomic E-state index is 6.61. The Balaban J connectivity index is 1.06. The summed E-state index contributed by atoms with van der Waals surface area (Å²) in [5.41, 5.74) is 18.4. The maximum atomic E-state index is 6.61. The summed E-state index contributed by atoms with van der Waals surface area (Å²) >= 11 is 0. The number of benzene rings is 9. The summed E-state index contributed by atoms with van der Waals surface area (Å²) in [6, 6.07) is 65.2. The molecule has 0 saturated heterocycles. The molecule has 0 unspecified atom stereocenters. The van der Waals surface area contributed by atoms with Crippen LogP contribution in [-0.2, 0) is 16.2 Å². The maximum Gasteiger partial charge on any atom is 0.252 e. The predicted molar refractivity (Wildman–Crippen MR) is 335 cm³/mol. The van der Waals surface area contributed by atoms with Gasteiger partial charge in [0.1, 0.15) is 11.3 Å². The topological polar surface area (TPSA) is 59.8 Å². The smallest absolute Gasteiger partial charge is 0.252 e. The summed E-state index contributed by atoms with van der Waals surface area (Å²) in [5.74, 6) is 3.87. The van der Waals surface area contributed by atoms with Crippen LogP contribution >= 0.6 is 0 Å². The quantitative estimate of drug-likeness (QED) is 0.153. The van der Waals surface area contributed by atoms with Gasteiger partial charge in [-0.1, -0.05) is 135 Å². The molecule has 4 aliphatic rings. The summed E-state index contributed by atoms with van der Waals surface area (Å²) in [4.78, 5) is 7.40. The van der Waals surface area contributed by atoms with Crippen LogP contribution in [0.2, 0.25) is 0 Å². The van der Waals surface area contributed by atoms with Crippen LogP contribution in [0, 0.1) is 0 Å². The number of furan rings is 1. The normalized spacial score (nSPS) is 14.8. The zero-order valence-electron chi connectivity index (χ0n) is 47.9. The lowest BCUT2D eigenvalue weighted by molar-refractivity contribution is 0.296. The van der Waals surface area contributed by atoms with E-state index in [4.69, 9.17) is 23.4 Å². The highest BCUT2D eigenvalue weighted by Gasteiger charge is 2.46. The van der Waals surface area contributed by atoms with Crippen molar-refractivity contribution in [2.45, 2.75) is 91.4 Å². The number of rotatable bonds is 6. The molecule has 9 aromatic carbocycles. The first kappa shape index (κ1) is 50.6. The summed E-state index contributed by atoms with van der Waals surface area (Å²) in [6.07, 6.45) is 1.60. The van der Waals surface area contributed by atoms with E-state index in [1.165, 1.54) is 22.2 Å². The van der Waals surface area contributed by atoms with Gasteiger partial charge in [-0.15, -0.1) is 0 Å². The average molecular weight is 1070 g/mol. The summed E-state index contributed by atoms with van der Waals surface area (Å²) < 4.78 is 32.8. The molecule has 81 heavy (non-hydrogen) atoms. The Bertz CT molecular complexity index is 3900. The molecular formula is C72H68BN3O5. The van der Waals surface area contributed by atoms with Crippen LogP contribution in [0.15, 0.2) is 180 Å². The zero-order chi connectivity index (χ0) is 55.5. The summed E-state index contributed by atoms with van der Waals surface area (Å²) in [5, 5.41) is 3.34. The van der Waals surface area contributed by atoms with Crippen LogP contribution in [0.25, 0.3) is 33.1 Å². The number of ether oxygens (including phenoxy) is 4. The minimum Gasteiger partial charge on any atom is -0.490 e. The van der Waals surface area contributed by atoms with Gasteiger partial charge < -0.3 is 38.1 Å². The predicted octanol–water partition coefficient (Wildman–Crippen LogP) is 17.0. The fourth-order valence-corrected chi connectivity index (χ4v) is 12.4. The van der Waals surface area contributed by atoms with Crippen molar-refractivity contribution in [3.63, 3.8) is 0 Å². The second-order valence-corrected chi connectivity index (χ2v) is 25.4. The van der Waals surface area contributed by atoms with Gasteiger partial charge in [-0.25, -0.2) is 0 Å². The molecule has 8 nitrogen and oxygen atoms in total. The average Bonchev–Trinajstić information content (AvgIpc) is 2.24. The molecule has 0 aliphatic carbocycles. The molecular weight excluding hydrogens is 998 g/mol. The van der Waals surface area contributed by atoms with Crippen molar-refractivity contribution in [3.8, 4) is 34.3 Å². The van der Waals surface area contributed by atoms with E-state index in [2.05, 4.69) is 241 Å². The minimum absolute atomic E-state index is 0.0400. The molecule has 0 saturated carbocycles. The number of fused-ring (bicyclic) bond motifs is 8. The number of hydrogen-bond donors (Lipinski definition) is 0. The molecule has 5 heterocycles. The van der Waals surface area contributed by atoms with E-state index in [0.29, 0.717) is 26.4 Å². The molecule has 10 aromatic rings. The SMILES string of the molecule is CC(C)(C)c1ccc(N(c2cc3c4c(c2)N(c2ccc(C(C)(C)C)cc2)c2cc5c(cc2B4c2cc4c(cc2N3c2ccc(C(C)(C)C)cc2)OCCCO4)OCCCO5)c2ccc3cc(-c4cc5ccccc5o4)ccc3c2)cc1. The fourth-order valence-electron chi connectivity index (χ4n) is 12.4. The first-order chi connectivity index (χ1) is 39.0. The molecule has 0 spiro atoms. The lowest BCUT2D eigenvalue weighted by Gasteiger charge is -2.45. The van der Waals surface area contributed by atoms with E-state index in [1.54, 1.807) is 0 Å². The minimum atomic E-state index is -0.236. The lowest BCUT2D eigenvalue weighted by Crippen LogP contribution is -2.61. The van der Waals surface area contributed by atoms with Gasteiger partial charge in [0, 0.05) is 81.4 Å². The third-order valence-corrected chi connectivity index (χ3v) is 16.8. The molecule has 1 aromatic heterocycles. The summed E-state index contributed by atoms with van der Waals surface area (Å²) in [7, 11) is 0. The highest BCUT2D eigenvalue weighted by atomic mass is 16.5. The Labute approximate surface area is 476 Å². The van der Waals surface area contributed by atoms with Crippen molar-refractivity contribution in [1.29, 1.82) is 0 Å².